The molecule has 0 atom stereocenters. The summed E-state index contributed by atoms with van der Waals surface area (Å²) in [5, 5.41) is 7.58. The molecule has 3 aliphatic carbocycles. The lowest BCUT2D eigenvalue weighted by Crippen LogP contribution is -2.19. The second kappa shape index (κ2) is 20.2. The Hall–Kier alpha value is -11.7. The third kappa shape index (κ3) is 7.93. The first-order chi connectivity index (χ1) is 47.4. The number of benzene rings is 14. The summed E-state index contributed by atoms with van der Waals surface area (Å²) in [5.41, 5.74) is 34.1. The van der Waals surface area contributed by atoms with Crippen LogP contribution in [0.25, 0.3) is 138 Å². The highest BCUT2D eigenvalue weighted by molar-refractivity contribution is 6.13. The molecule has 3 aliphatic rings. The van der Waals surface area contributed by atoms with Gasteiger partial charge in [-0.25, -0.2) is 0 Å². The fourth-order valence-electron chi connectivity index (χ4n) is 17.7. The van der Waals surface area contributed by atoms with Gasteiger partial charge in [0.1, 0.15) is 0 Å². The molecular weight excluding hydrogens is 1170 g/mol. The normalized spacial score (nSPS) is 14.3. The first-order valence-electron chi connectivity index (χ1n) is 34.2. The van der Waals surface area contributed by atoms with Crippen LogP contribution in [0.4, 0.5) is 17.1 Å². The number of hydrogen-bond donors (Lipinski definition) is 0. The van der Waals surface area contributed by atoms with Gasteiger partial charge in [-0.1, -0.05) is 211 Å². The molecular formula is C93H68N4. The van der Waals surface area contributed by atoms with Crippen molar-refractivity contribution in [1.82, 2.24) is 13.7 Å². The number of aromatic nitrogens is 3. The highest BCUT2D eigenvalue weighted by atomic mass is 15.1. The van der Waals surface area contributed by atoms with E-state index < -0.39 is 0 Å². The van der Waals surface area contributed by atoms with Gasteiger partial charge in [-0.3, -0.25) is 0 Å². The molecule has 0 saturated heterocycles. The van der Waals surface area contributed by atoms with Gasteiger partial charge in [0.05, 0.1) is 33.1 Å². The van der Waals surface area contributed by atoms with Crippen molar-refractivity contribution >= 4 is 82.5 Å². The van der Waals surface area contributed by atoms with E-state index in [2.05, 4.69) is 363 Å². The van der Waals surface area contributed by atoms with Crippen molar-refractivity contribution in [1.29, 1.82) is 0 Å². The van der Waals surface area contributed by atoms with E-state index in [1.807, 2.05) is 0 Å². The molecule has 20 rings (SSSR count). The maximum Gasteiger partial charge on any atom is 0.0541 e. The Morgan fingerprint density at radius 2 is 0.474 bits per heavy atom. The number of nitrogens with zero attached hydrogens (tertiary/aromatic N) is 4. The summed E-state index contributed by atoms with van der Waals surface area (Å²) in [4.78, 5) is 2.56. The predicted molar refractivity (Wildman–Crippen MR) is 408 cm³/mol. The first kappa shape index (κ1) is 55.7. The summed E-state index contributed by atoms with van der Waals surface area (Å²) in [7, 11) is 0. The van der Waals surface area contributed by atoms with Crippen molar-refractivity contribution < 1.29 is 0 Å². The van der Waals surface area contributed by atoms with Crippen molar-refractivity contribution in [2.45, 2.75) is 57.8 Å². The van der Waals surface area contributed by atoms with Crippen LogP contribution < -0.4 is 4.90 Å². The van der Waals surface area contributed by atoms with Crippen LogP contribution in [-0.2, 0) is 16.2 Å². The smallest absolute Gasteiger partial charge is 0.0541 e. The van der Waals surface area contributed by atoms with Gasteiger partial charge < -0.3 is 18.6 Å². The van der Waals surface area contributed by atoms with E-state index in [9.17, 15) is 0 Å². The Labute approximate surface area is 564 Å². The van der Waals surface area contributed by atoms with Gasteiger partial charge in [0.2, 0.25) is 0 Å². The van der Waals surface area contributed by atoms with E-state index in [-0.39, 0.29) is 16.2 Å². The molecule has 460 valence electrons. The molecule has 0 bridgehead atoms. The Morgan fingerprint density at radius 1 is 0.206 bits per heavy atom. The number of anilines is 3. The molecule has 4 nitrogen and oxygen atoms in total. The molecule has 4 heteroatoms. The van der Waals surface area contributed by atoms with Gasteiger partial charge in [0.25, 0.3) is 0 Å². The minimum absolute atomic E-state index is 0.297. The topological polar surface area (TPSA) is 18.0 Å². The second-order valence-electron chi connectivity index (χ2n) is 28.9. The fourth-order valence-corrected chi connectivity index (χ4v) is 17.7. The van der Waals surface area contributed by atoms with Crippen LogP contribution in [0.15, 0.2) is 303 Å². The molecule has 97 heavy (non-hydrogen) atoms. The Morgan fingerprint density at radius 3 is 0.856 bits per heavy atom. The average Bonchev–Trinajstić information content (AvgIpc) is 1.58. The van der Waals surface area contributed by atoms with Crippen LogP contribution in [0.3, 0.4) is 0 Å². The van der Waals surface area contributed by atoms with E-state index in [1.165, 1.54) is 171 Å². The summed E-state index contributed by atoms with van der Waals surface area (Å²) < 4.78 is 7.26. The summed E-state index contributed by atoms with van der Waals surface area (Å²) in [6, 6.07) is 114. The Balaban J connectivity index is 0.701. The lowest BCUT2D eigenvalue weighted by molar-refractivity contribution is 0.659. The quantitative estimate of drug-likeness (QED) is 0.148. The Kier molecular flexibility index (Phi) is 11.6. The lowest BCUT2D eigenvalue weighted by atomic mass is 9.81. The molecule has 0 amide bonds. The fraction of sp³-hybridized carbons (Fsp3) is 0.0968. The van der Waals surface area contributed by atoms with E-state index in [4.69, 9.17) is 0 Å². The van der Waals surface area contributed by atoms with Gasteiger partial charge in [-0.15, -0.1) is 0 Å². The molecule has 17 aromatic rings. The summed E-state index contributed by atoms with van der Waals surface area (Å²) in [5.74, 6) is 0. The second-order valence-corrected chi connectivity index (χ2v) is 28.9. The summed E-state index contributed by atoms with van der Waals surface area (Å²) >= 11 is 0. The van der Waals surface area contributed by atoms with Crippen LogP contribution in [0.1, 0.15) is 74.9 Å². The van der Waals surface area contributed by atoms with Crippen molar-refractivity contribution in [2.24, 2.45) is 0 Å². The van der Waals surface area contributed by atoms with E-state index in [0.717, 1.165) is 17.1 Å². The zero-order valence-electron chi connectivity index (χ0n) is 55.2. The molecule has 0 N–H and O–H groups in total. The summed E-state index contributed by atoms with van der Waals surface area (Å²) in [6.07, 6.45) is 0. The van der Waals surface area contributed by atoms with Crippen molar-refractivity contribution in [3.05, 3.63) is 337 Å². The van der Waals surface area contributed by atoms with Crippen molar-refractivity contribution in [3.63, 3.8) is 0 Å². The maximum absolute atomic E-state index is 2.56. The number of hydrogen-bond acceptors (Lipinski definition) is 1. The standard InChI is InChI=1S/C93H68N4/c1-91(2)79-51-59(57-35-47-89-77(49-57)75-27-15-19-31-87(75)95(89)61-21-9-7-10-22-61)33-41-67(79)69-43-37-63(53-81(69)91)94(65-39-45-71-72-46-40-66(56-84(72)93(5,6)83(71)55-65)97-85-29-17-13-25-73(85)74-26-14-18-30-86(74)97)64-38-44-70-68-42-34-60(52-80(68)92(3,4)82(70)54-64)58-36-48-90-78(50-58)76-28-16-20-32-88(76)96(90)62-23-11-8-12-24-62/h7-56H,1-6H3. The van der Waals surface area contributed by atoms with E-state index >= 15 is 0 Å². The monoisotopic (exact) mass is 1240 g/mol. The van der Waals surface area contributed by atoms with Gasteiger partial charge in [-0.05, 0) is 222 Å². The molecule has 3 aromatic heterocycles. The third-order valence-corrected chi connectivity index (χ3v) is 22.6. The van der Waals surface area contributed by atoms with Crippen LogP contribution >= 0.6 is 0 Å². The lowest BCUT2D eigenvalue weighted by Gasteiger charge is -2.31. The average molecular weight is 1240 g/mol. The van der Waals surface area contributed by atoms with E-state index in [0.29, 0.717) is 0 Å². The highest BCUT2D eigenvalue weighted by Crippen LogP contribution is 2.57. The Bertz CT molecular complexity index is 5900. The van der Waals surface area contributed by atoms with Gasteiger partial charge in [0, 0.05) is 82.7 Å². The molecule has 3 heterocycles. The van der Waals surface area contributed by atoms with Crippen LogP contribution in [0.2, 0.25) is 0 Å². The summed E-state index contributed by atoms with van der Waals surface area (Å²) in [6.45, 7) is 14.6. The number of para-hydroxylation sites is 6. The zero-order valence-corrected chi connectivity index (χ0v) is 55.2. The van der Waals surface area contributed by atoms with Gasteiger partial charge >= 0.3 is 0 Å². The molecule has 14 aromatic carbocycles. The van der Waals surface area contributed by atoms with Crippen LogP contribution in [-0.4, -0.2) is 13.7 Å². The SMILES string of the molecule is CC1(C)c2cc(-c3ccc4c(c3)c3ccccc3n4-c3ccccc3)ccc2-c2ccc(N(c3ccc4c(c3)C(C)(C)c3cc(-c5ccc6c(c5)c5ccccc5n6-c5ccccc5)ccc3-4)c3ccc4c(c3)C(C)(C)c3cc(-n5c6ccccc6c6ccccc65)ccc3-4)cc21. The van der Waals surface area contributed by atoms with Crippen molar-refractivity contribution in [2.75, 3.05) is 4.90 Å². The largest absolute Gasteiger partial charge is 0.310 e. The minimum Gasteiger partial charge on any atom is -0.310 e. The molecule has 0 spiro atoms. The van der Waals surface area contributed by atoms with Gasteiger partial charge in [0.15, 0.2) is 0 Å². The van der Waals surface area contributed by atoms with E-state index in [1.54, 1.807) is 0 Å². The molecule has 0 aliphatic heterocycles. The molecule has 0 fully saturated rings. The molecule has 0 saturated carbocycles. The molecule has 0 unspecified atom stereocenters. The number of rotatable bonds is 8. The predicted octanol–water partition coefficient (Wildman–Crippen LogP) is 24.7. The van der Waals surface area contributed by atoms with Gasteiger partial charge in [-0.2, -0.15) is 0 Å². The zero-order chi connectivity index (χ0) is 64.8. The highest BCUT2D eigenvalue weighted by Gasteiger charge is 2.41. The van der Waals surface area contributed by atoms with Crippen molar-refractivity contribution in [3.8, 4) is 72.7 Å². The van der Waals surface area contributed by atoms with Crippen LogP contribution in [0.5, 0.6) is 0 Å². The number of fused-ring (bicyclic) bond motifs is 18. The first-order valence-corrected chi connectivity index (χ1v) is 34.2. The molecule has 0 radical (unpaired) electrons. The maximum atomic E-state index is 2.56. The van der Waals surface area contributed by atoms with Crippen LogP contribution in [0, 0.1) is 0 Å². The third-order valence-electron chi connectivity index (χ3n) is 22.6. The minimum atomic E-state index is -0.299.